The molecule has 2 aliphatic heterocycles. The van der Waals surface area contributed by atoms with Crippen molar-refractivity contribution in [2.45, 2.75) is 63.8 Å². The first-order chi connectivity index (χ1) is 16.6. The standard InChI is InChI=1S/C27H27F3O5/c1-16-2-10-24-20(12-16)22(32)14-26(35-24)23(33)13-18-6-11-25(34-15-18)21(31)9-5-17-3-7-19(8-4-17)27(28,29)30/h2-4,7-8,10,12,18,25-26H,5-6,9,11,13-15H2,1H3/t18-,25-,26?/m0/s1. The maximum atomic E-state index is 12.8. The highest BCUT2D eigenvalue weighted by atomic mass is 19.4. The maximum Gasteiger partial charge on any atom is 0.416 e. The summed E-state index contributed by atoms with van der Waals surface area (Å²) in [6.07, 6.45) is -3.89. The molecular formula is C27H27F3O5. The maximum absolute atomic E-state index is 12.8. The summed E-state index contributed by atoms with van der Waals surface area (Å²) in [5, 5.41) is 0. The van der Waals surface area contributed by atoms with E-state index in [-0.39, 0.29) is 49.1 Å². The molecule has 186 valence electrons. The SMILES string of the molecule is Cc1ccc2c(c1)C(=O)CC(C(=O)C[C@@H]1CC[C@@H](C(=O)CCc3ccc(C(F)(F)F)cc3)OC1)O2. The molecule has 3 atom stereocenters. The summed E-state index contributed by atoms with van der Waals surface area (Å²) in [6, 6.07) is 10.1. The molecule has 0 N–H and O–H groups in total. The minimum absolute atomic E-state index is 0.0218. The largest absolute Gasteiger partial charge is 0.481 e. The van der Waals surface area contributed by atoms with E-state index in [0.717, 1.165) is 17.7 Å². The molecule has 1 unspecified atom stereocenters. The number of fused-ring (bicyclic) bond motifs is 1. The number of ether oxygens (including phenoxy) is 2. The average Bonchev–Trinajstić information content (AvgIpc) is 2.83. The third-order valence-electron chi connectivity index (χ3n) is 6.60. The van der Waals surface area contributed by atoms with Gasteiger partial charge in [-0.3, -0.25) is 14.4 Å². The number of carbonyl (C=O) groups excluding carboxylic acids is 3. The number of benzene rings is 2. The highest BCUT2D eigenvalue weighted by molar-refractivity contribution is 6.03. The van der Waals surface area contributed by atoms with Crippen molar-refractivity contribution in [3.63, 3.8) is 0 Å². The van der Waals surface area contributed by atoms with E-state index in [2.05, 4.69) is 0 Å². The Labute approximate surface area is 201 Å². The van der Waals surface area contributed by atoms with Gasteiger partial charge in [-0.05, 0) is 61.9 Å². The molecule has 0 bridgehead atoms. The van der Waals surface area contributed by atoms with Crippen LogP contribution in [0.3, 0.4) is 0 Å². The van der Waals surface area contributed by atoms with Crippen molar-refractivity contribution >= 4 is 17.3 Å². The number of alkyl halides is 3. The summed E-state index contributed by atoms with van der Waals surface area (Å²) in [6.45, 7) is 2.15. The summed E-state index contributed by atoms with van der Waals surface area (Å²) in [7, 11) is 0. The first-order valence-electron chi connectivity index (χ1n) is 11.7. The van der Waals surface area contributed by atoms with Crippen molar-refractivity contribution in [2.75, 3.05) is 6.61 Å². The van der Waals surface area contributed by atoms with Crippen LogP contribution in [0.4, 0.5) is 13.2 Å². The first kappa shape index (κ1) is 25.1. The Morgan fingerprint density at radius 1 is 1.00 bits per heavy atom. The number of hydrogen-bond donors (Lipinski definition) is 0. The second-order valence-corrected chi connectivity index (χ2v) is 9.33. The zero-order chi connectivity index (χ0) is 25.2. The Hall–Kier alpha value is -3.00. The molecule has 0 spiro atoms. The quantitative estimate of drug-likeness (QED) is 0.529. The lowest BCUT2D eigenvalue weighted by atomic mass is 9.88. The van der Waals surface area contributed by atoms with E-state index in [0.29, 0.717) is 36.1 Å². The molecule has 0 saturated carbocycles. The predicted molar refractivity (Wildman–Crippen MR) is 121 cm³/mol. The Kier molecular flexibility index (Phi) is 7.40. The summed E-state index contributed by atoms with van der Waals surface area (Å²) in [5.41, 5.74) is 1.40. The summed E-state index contributed by atoms with van der Waals surface area (Å²) in [4.78, 5) is 37.7. The van der Waals surface area contributed by atoms with E-state index in [1.54, 1.807) is 12.1 Å². The van der Waals surface area contributed by atoms with Crippen LogP contribution in [-0.4, -0.2) is 36.2 Å². The van der Waals surface area contributed by atoms with Gasteiger partial charge in [-0.25, -0.2) is 0 Å². The fourth-order valence-corrected chi connectivity index (χ4v) is 4.54. The van der Waals surface area contributed by atoms with Crippen molar-refractivity contribution in [3.05, 3.63) is 64.7 Å². The molecule has 2 aromatic carbocycles. The Balaban J connectivity index is 1.22. The van der Waals surface area contributed by atoms with E-state index in [1.165, 1.54) is 12.1 Å². The van der Waals surface area contributed by atoms with Crippen LogP contribution in [0.2, 0.25) is 0 Å². The average molecular weight is 489 g/mol. The van der Waals surface area contributed by atoms with Crippen molar-refractivity contribution in [1.82, 2.24) is 0 Å². The van der Waals surface area contributed by atoms with Crippen molar-refractivity contribution in [3.8, 4) is 5.75 Å². The second kappa shape index (κ2) is 10.3. The van der Waals surface area contributed by atoms with Gasteiger partial charge in [0.25, 0.3) is 0 Å². The van der Waals surface area contributed by atoms with E-state index in [4.69, 9.17) is 9.47 Å². The normalized spacial score (nSPS) is 22.3. The summed E-state index contributed by atoms with van der Waals surface area (Å²) >= 11 is 0. The molecule has 0 aromatic heterocycles. The lowest BCUT2D eigenvalue weighted by Gasteiger charge is -2.30. The van der Waals surface area contributed by atoms with Gasteiger partial charge in [0.1, 0.15) is 11.9 Å². The van der Waals surface area contributed by atoms with Crippen LogP contribution >= 0.6 is 0 Å². The van der Waals surface area contributed by atoms with Gasteiger partial charge in [-0.2, -0.15) is 13.2 Å². The monoisotopic (exact) mass is 488 g/mol. The van der Waals surface area contributed by atoms with E-state index >= 15 is 0 Å². The minimum atomic E-state index is -4.38. The van der Waals surface area contributed by atoms with Gasteiger partial charge in [-0.15, -0.1) is 0 Å². The predicted octanol–water partition coefficient (Wildman–Crippen LogP) is 5.30. The first-order valence-corrected chi connectivity index (χ1v) is 11.7. The van der Waals surface area contributed by atoms with Gasteiger partial charge < -0.3 is 9.47 Å². The topological polar surface area (TPSA) is 69.7 Å². The van der Waals surface area contributed by atoms with Crippen molar-refractivity contribution in [1.29, 1.82) is 0 Å². The van der Waals surface area contributed by atoms with Crippen LogP contribution in [0.25, 0.3) is 0 Å². The second-order valence-electron chi connectivity index (χ2n) is 9.33. The fraction of sp³-hybridized carbons (Fsp3) is 0.444. The molecule has 0 radical (unpaired) electrons. The van der Waals surface area contributed by atoms with Crippen molar-refractivity contribution in [2.24, 2.45) is 5.92 Å². The van der Waals surface area contributed by atoms with Crippen LogP contribution in [0.5, 0.6) is 5.75 Å². The number of carbonyl (C=O) groups is 3. The molecule has 4 rings (SSSR count). The Morgan fingerprint density at radius 3 is 2.40 bits per heavy atom. The molecule has 1 fully saturated rings. The molecular weight excluding hydrogens is 461 g/mol. The van der Waals surface area contributed by atoms with Gasteiger partial charge in [0.05, 0.1) is 24.2 Å². The van der Waals surface area contributed by atoms with Gasteiger partial charge in [0.15, 0.2) is 23.5 Å². The lowest BCUT2D eigenvalue weighted by molar-refractivity contribution is -0.138. The smallest absolute Gasteiger partial charge is 0.416 e. The third kappa shape index (κ3) is 6.17. The molecule has 5 nitrogen and oxygen atoms in total. The number of ketones is 3. The minimum Gasteiger partial charge on any atom is -0.481 e. The fourth-order valence-electron chi connectivity index (χ4n) is 4.54. The molecule has 8 heteroatoms. The van der Waals surface area contributed by atoms with Crippen LogP contribution in [0, 0.1) is 12.8 Å². The van der Waals surface area contributed by atoms with E-state index in [1.807, 2.05) is 13.0 Å². The highest BCUT2D eigenvalue weighted by Gasteiger charge is 2.34. The Bertz CT molecular complexity index is 1100. The Morgan fingerprint density at radius 2 is 1.74 bits per heavy atom. The zero-order valence-corrected chi connectivity index (χ0v) is 19.4. The number of hydrogen-bond acceptors (Lipinski definition) is 5. The van der Waals surface area contributed by atoms with Crippen molar-refractivity contribution < 1.29 is 37.0 Å². The van der Waals surface area contributed by atoms with E-state index < -0.39 is 23.9 Å². The summed E-state index contributed by atoms with van der Waals surface area (Å²) in [5.74, 6) is 0.0309. The molecule has 35 heavy (non-hydrogen) atoms. The highest BCUT2D eigenvalue weighted by Crippen LogP contribution is 2.31. The van der Waals surface area contributed by atoms with Crippen LogP contribution < -0.4 is 4.74 Å². The lowest BCUT2D eigenvalue weighted by Crippen LogP contribution is -2.38. The van der Waals surface area contributed by atoms with Gasteiger partial charge in [-0.1, -0.05) is 23.8 Å². The van der Waals surface area contributed by atoms with E-state index in [9.17, 15) is 27.6 Å². The molecule has 2 heterocycles. The molecule has 0 amide bonds. The van der Waals surface area contributed by atoms with Gasteiger partial charge >= 0.3 is 6.18 Å². The third-order valence-corrected chi connectivity index (χ3v) is 6.60. The molecule has 2 aliphatic rings. The van der Waals surface area contributed by atoms with Crippen LogP contribution in [0.15, 0.2) is 42.5 Å². The van der Waals surface area contributed by atoms with Gasteiger partial charge in [0.2, 0.25) is 0 Å². The van der Waals surface area contributed by atoms with Gasteiger partial charge in [0, 0.05) is 12.8 Å². The molecule has 0 aliphatic carbocycles. The van der Waals surface area contributed by atoms with Crippen LogP contribution in [-0.2, 0) is 26.9 Å². The zero-order valence-electron chi connectivity index (χ0n) is 19.4. The number of halogens is 3. The molecule has 1 saturated heterocycles. The number of aryl methyl sites for hydroxylation is 2. The molecule has 2 aromatic rings. The number of Topliss-reactive ketones (excluding diaryl/α,β-unsaturated/α-hetero) is 3. The summed E-state index contributed by atoms with van der Waals surface area (Å²) < 4.78 is 49.5. The van der Waals surface area contributed by atoms with Crippen LogP contribution in [0.1, 0.15) is 59.2 Å². The number of rotatable bonds is 7.